The van der Waals surface area contributed by atoms with Crippen LogP contribution in [-0.2, 0) is 17.9 Å². The summed E-state index contributed by atoms with van der Waals surface area (Å²) in [7, 11) is 1.94. The summed E-state index contributed by atoms with van der Waals surface area (Å²) in [5.74, 6) is -0.339. The molecule has 1 aliphatic heterocycles. The molecule has 10 heteroatoms. The summed E-state index contributed by atoms with van der Waals surface area (Å²) in [6.07, 6.45) is 1.61. The van der Waals surface area contributed by atoms with Gasteiger partial charge in [0, 0.05) is 30.6 Å². The number of thiazole rings is 1. The Labute approximate surface area is 172 Å². The molecule has 0 saturated heterocycles. The van der Waals surface area contributed by atoms with Crippen molar-refractivity contribution in [2.45, 2.75) is 25.6 Å². The number of aromatic nitrogens is 1. The third kappa shape index (κ3) is 5.73. The van der Waals surface area contributed by atoms with Crippen LogP contribution in [0.1, 0.15) is 18.2 Å². The first kappa shape index (κ1) is 21.2. The summed E-state index contributed by atoms with van der Waals surface area (Å²) >= 11 is 1.33. The summed E-state index contributed by atoms with van der Waals surface area (Å²) in [5.41, 5.74) is 4.63. The van der Waals surface area contributed by atoms with Gasteiger partial charge in [0.2, 0.25) is 0 Å². The average molecular weight is 421 g/mol. The Bertz CT molecular complexity index is 890. The highest BCUT2D eigenvalue weighted by molar-refractivity contribution is 7.13. The summed E-state index contributed by atoms with van der Waals surface area (Å²) in [5, 5.41) is 17.3. The van der Waals surface area contributed by atoms with Crippen molar-refractivity contribution in [3.05, 3.63) is 58.6 Å². The molecule has 0 aliphatic carbocycles. The van der Waals surface area contributed by atoms with Crippen LogP contribution in [0.4, 0.5) is 14.3 Å². The van der Waals surface area contributed by atoms with E-state index in [9.17, 15) is 14.3 Å². The zero-order chi connectivity index (χ0) is 20.9. The molecule has 3 rings (SSSR count). The molecular weight excluding hydrogens is 397 g/mol. The van der Waals surface area contributed by atoms with Gasteiger partial charge in [0.1, 0.15) is 12.1 Å². The van der Waals surface area contributed by atoms with Gasteiger partial charge in [0.15, 0.2) is 5.13 Å². The van der Waals surface area contributed by atoms with Crippen LogP contribution in [0.15, 0.2) is 41.5 Å². The quantitative estimate of drug-likeness (QED) is 0.522. The fraction of sp³-hybridized carbons (Fsp3) is 0.368. The number of aliphatic hydroxyl groups is 1. The number of halogens is 1. The van der Waals surface area contributed by atoms with Gasteiger partial charge in [-0.05, 0) is 31.7 Å². The van der Waals surface area contributed by atoms with Crippen molar-refractivity contribution in [1.29, 1.82) is 0 Å². The molecule has 1 aromatic carbocycles. The van der Waals surface area contributed by atoms with Gasteiger partial charge in [0.05, 0.1) is 17.8 Å². The Kier molecular flexibility index (Phi) is 6.80. The third-order valence-corrected chi connectivity index (χ3v) is 5.30. The van der Waals surface area contributed by atoms with Crippen molar-refractivity contribution in [2.75, 3.05) is 25.5 Å². The van der Waals surface area contributed by atoms with Crippen LogP contribution in [0.25, 0.3) is 0 Å². The van der Waals surface area contributed by atoms with E-state index in [1.165, 1.54) is 23.5 Å². The number of carbonyl (C=O) groups excluding carboxylic acids is 1. The number of aliphatic hydroxyl groups excluding tert-OH is 1. The highest BCUT2D eigenvalue weighted by Gasteiger charge is 2.34. The molecule has 1 unspecified atom stereocenters. The summed E-state index contributed by atoms with van der Waals surface area (Å²) in [6.45, 7) is 3.19. The van der Waals surface area contributed by atoms with Crippen LogP contribution >= 0.6 is 11.3 Å². The second kappa shape index (κ2) is 9.31. The maximum Gasteiger partial charge on any atom is 0.321 e. The molecule has 0 bridgehead atoms. The van der Waals surface area contributed by atoms with E-state index in [0.717, 1.165) is 11.3 Å². The largest absolute Gasteiger partial charge is 0.416 e. The van der Waals surface area contributed by atoms with E-state index in [1.54, 1.807) is 18.4 Å². The molecule has 156 valence electrons. The minimum Gasteiger partial charge on any atom is -0.416 e. The molecule has 1 aliphatic rings. The van der Waals surface area contributed by atoms with Crippen LogP contribution in [-0.4, -0.2) is 46.8 Å². The van der Waals surface area contributed by atoms with Gasteiger partial charge < -0.3 is 15.3 Å². The van der Waals surface area contributed by atoms with Crippen molar-refractivity contribution in [1.82, 2.24) is 20.7 Å². The van der Waals surface area contributed by atoms with Gasteiger partial charge >= 0.3 is 6.03 Å². The summed E-state index contributed by atoms with van der Waals surface area (Å²) < 4.78 is 13.2. The second-order valence-electron chi connectivity index (χ2n) is 7.11. The summed E-state index contributed by atoms with van der Waals surface area (Å²) in [6, 6.07) is 5.67. The SMILES string of the molecule is CN(CC1=CONC1(C)CO)Cc1csc(NC(=O)NCc2cccc(F)c2)n1. The highest BCUT2D eigenvalue weighted by atomic mass is 32.1. The molecule has 1 aromatic heterocycles. The van der Waals surface area contributed by atoms with Crippen LogP contribution in [0, 0.1) is 5.82 Å². The molecule has 0 spiro atoms. The van der Waals surface area contributed by atoms with E-state index in [-0.39, 0.29) is 19.0 Å². The third-order valence-electron chi connectivity index (χ3n) is 4.50. The van der Waals surface area contributed by atoms with E-state index < -0.39 is 11.6 Å². The van der Waals surface area contributed by atoms with E-state index in [0.29, 0.717) is 23.8 Å². The molecular formula is C19H24FN5O3S. The fourth-order valence-corrected chi connectivity index (χ4v) is 3.50. The predicted molar refractivity (Wildman–Crippen MR) is 109 cm³/mol. The van der Waals surface area contributed by atoms with Crippen molar-refractivity contribution < 1.29 is 19.1 Å². The lowest BCUT2D eigenvalue weighted by molar-refractivity contribution is 0.0683. The van der Waals surface area contributed by atoms with Crippen molar-refractivity contribution in [3.8, 4) is 0 Å². The van der Waals surface area contributed by atoms with Crippen LogP contribution in [0.3, 0.4) is 0 Å². The first-order chi connectivity index (χ1) is 13.9. The van der Waals surface area contributed by atoms with Crippen molar-refractivity contribution >= 4 is 22.5 Å². The highest BCUT2D eigenvalue weighted by Crippen LogP contribution is 2.23. The van der Waals surface area contributed by atoms with Gasteiger partial charge in [-0.2, -0.15) is 0 Å². The van der Waals surface area contributed by atoms with Gasteiger partial charge in [-0.15, -0.1) is 16.8 Å². The number of rotatable bonds is 8. The van der Waals surface area contributed by atoms with Gasteiger partial charge in [-0.1, -0.05) is 12.1 Å². The number of urea groups is 1. The van der Waals surface area contributed by atoms with Crippen LogP contribution < -0.4 is 16.1 Å². The molecule has 2 amide bonds. The number of hydrogen-bond acceptors (Lipinski definition) is 7. The number of carbonyl (C=O) groups is 1. The van der Waals surface area contributed by atoms with Crippen molar-refractivity contribution in [2.24, 2.45) is 0 Å². The molecule has 8 nitrogen and oxygen atoms in total. The lowest BCUT2D eigenvalue weighted by Crippen LogP contribution is -2.45. The van der Waals surface area contributed by atoms with Crippen LogP contribution in [0.5, 0.6) is 0 Å². The molecule has 2 heterocycles. The Balaban J connectivity index is 1.47. The normalized spacial score (nSPS) is 18.4. The van der Waals surface area contributed by atoms with Gasteiger partial charge in [0.25, 0.3) is 0 Å². The first-order valence-electron chi connectivity index (χ1n) is 9.03. The van der Waals surface area contributed by atoms with Gasteiger partial charge in [-0.3, -0.25) is 10.2 Å². The van der Waals surface area contributed by atoms with E-state index in [2.05, 4.69) is 21.1 Å². The Hall–Kier alpha value is -2.53. The maximum atomic E-state index is 13.2. The molecule has 0 fully saturated rings. The molecule has 1 atom stereocenters. The first-order valence-corrected chi connectivity index (χ1v) is 9.91. The molecule has 2 aromatic rings. The monoisotopic (exact) mass is 421 g/mol. The number of hydrogen-bond donors (Lipinski definition) is 4. The Morgan fingerprint density at radius 1 is 1.45 bits per heavy atom. The lowest BCUT2D eigenvalue weighted by atomic mass is 9.95. The minimum absolute atomic E-state index is 0.0673. The zero-order valence-electron chi connectivity index (χ0n) is 16.2. The average Bonchev–Trinajstić information content (AvgIpc) is 3.27. The molecule has 0 saturated carbocycles. The number of likely N-dealkylation sites (N-methyl/N-ethyl adjacent to an activating group) is 1. The second-order valence-corrected chi connectivity index (χ2v) is 7.97. The van der Waals surface area contributed by atoms with Crippen LogP contribution in [0.2, 0.25) is 0 Å². The minimum atomic E-state index is -0.594. The maximum absolute atomic E-state index is 13.2. The lowest BCUT2D eigenvalue weighted by Gasteiger charge is -2.26. The number of nitrogens with one attached hydrogen (secondary N) is 3. The molecule has 0 radical (unpaired) electrons. The molecule has 29 heavy (non-hydrogen) atoms. The number of amides is 2. The summed E-state index contributed by atoms with van der Waals surface area (Å²) in [4.78, 5) is 23.6. The number of anilines is 1. The number of hydroxylamine groups is 1. The van der Waals surface area contributed by atoms with E-state index in [1.807, 2.05) is 24.3 Å². The van der Waals surface area contributed by atoms with Gasteiger partial charge in [-0.25, -0.2) is 14.2 Å². The van der Waals surface area contributed by atoms with Crippen molar-refractivity contribution in [3.63, 3.8) is 0 Å². The smallest absolute Gasteiger partial charge is 0.321 e. The topological polar surface area (TPSA) is 98.8 Å². The zero-order valence-corrected chi connectivity index (χ0v) is 17.1. The number of nitrogens with zero attached hydrogens (tertiary/aromatic N) is 2. The Morgan fingerprint density at radius 3 is 3.03 bits per heavy atom. The predicted octanol–water partition coefficient (Wildman–Crippen LogP) is 2.21. The molecule has 4 N–H and O–H groups in total. The van der Waals surface area contributed by atoms with E-state index >= 15 is 0 Å². The van der Waals surface area contributed by atoms with E-state index in [4.69, 9.17) is 4.84 Å². The number of benzene rings is 1. The fourth-order valence-electron chi connectivity index (χ4n) is 2.80. The Morgan fingerprint density at radius 2 is 2.28 bits per heavy atom. The standard InChI is InChI=1S/C19H24FN5O3S/c1-19(12-26)14(10-28-24-19)8-25(2)9-16-11-29-18(22-16)23-17(27)21-7-13-4-3-5-15(20)6-13/h3-6,10-11,24,26H,7-9,12H2,1-2H3,(H2,21,22,23,27).